The highest BCUT2D eigenvalue weighted by atomic mass is 32.3. The molecular weight excluding hydrogens is 268 g/mol. The van der Waals surface area contributed by atoms with E-state index >= 15 is 0 Å². The molecule has 0 radical (unpaired) electrons. The highest BCUT2D eigenvalue weighted by molar-refractivity contribution is 7.81. The molecule has 0 saturated heterocycles. The fourth-order valence-corrected chi connectivity index (χ4v) is 1.46. The molecule has 9 heteroatoms. The predicted molar refractivity (Wildman–Crippen MR) is 58.6 cm³/mol. The molecule has 0 saturated carbocycles. The van der Waals surface area contributed by atoms with E-state index < -0.39 is 33.6 Å². The lowest BCUT2D eigenvalue weighted by Gasteiger charge is -2.07. The summed E-state index contributed by atoms with van der Waals surface area (Å²) in [6.45, 7) is 0. The minimum Gasteiger partial charge on any atom is -0.504 e. The van der Waals surface area contributed by atoms with Crippen LogP contribution in [0.2, 0.25) is 0 Å². The molecule has 0 aromatic heterocycles. The van der Waals surface area contributed by atoms with Crippen LogP contribution < -0.4 is 4.18 Å². The zero-order chi connectivity index (χ0) is 13.9. The van der Waals surface area contributed by atoms with Gasteiger partial charge in [-0.05, 0) is 23.8 Å². The van der Waals surface area contributed by atoms with Crippen LogP contribution in [0.5, 0.6) is 17.2 Å². The van der Waals surface area contributed by atoms with Crippen molar-refractivity contribution in [3.8, 4) is 17.2 Å². The zero-order valence-corrected chi connectivity index (χ0v) is 9.46. The van der Waals surface area contributed by atoms with E-state index in [1.807, 2.05) is 0 Å². The number of hydrogen-bond donors (Lipinski definition) is 4. The largest absolute Gasteiger partial charge is 0.504 e. The van der Waals surface area contributed by atoms with Crippen LogP contribution in [0.25, 0.3) is 6.08 Å². The third kappa shape index (κ3) is 3.96. The van der Waals surface area contributed by atoms with Gasteiger partial charge in [0.05, 0.1) is 0 Å². The minimum atomic E-state index is -4.89. The van der Waals surface area contributed by atoms with Crippen LogP contribution >= 0.6 is 0 Å². The number of hydrogen-bond acceptors (Lipinski definition) is 6. The van der Waals surface area contributed by atoms with Gasteiger partial charge < -0.3 is 19.5 Å². The Bertz CT molecular complexity index is 578. The van der Waals surface area contributed by atoms with Crippen molar-refractivity contribution in [1.29, 1.82) is 0 Å². The summed E-state index contributed by atoms with van der Waals surface area (Å²) in [6.07, 6.45) is 1.80. The molecule has 4 N–H and O–H groups in total. The second-order valence-electron chi connectivity index (χ2n) is 3.07. The fraction of sp³-hybridized carbons (Fsp3) is 0. The van der Waals surface area contributed by atoms with Gasteiger partial charge in [0.2, 0.25) is 5.75 Å². The molecule has 0 amide bonds. The van der Waals surface area contributed by atoms with Crippen molar-refractivity contribution >= 4 is 22.4 Å². The quantitative estimate of drug-likeness (QED) is 0.456. The lowest BCUT2D eigenvalue weighted by molar-refractivity contribution is -0.131. The molecule has 98 valence electrons. The van der Waals surface area contributed by atoms with Crippen molar-refractivity contribution in [3.63, 3.8) is 0 Å². The number of carbonyl (C=O) groups is 1. The van der Waals surface area contributed by atoms with Gasteiger partial charge >= 0.3 is 16.4 Å². The number of benzene rings is 1. The molecule has 0 fully saturated rings. The summed E-state index contributed by atoms with van der Waals surface area (Å²) in [7, 11) is -4.89. The van der Waals surface area contributed by atoms with Gasteiger partial charge in [0.15, 0.2) is 11.5 Å². The minimum absolute atomic E-state index is 0.0927. The van der Waals surface area contributed by atoms with Crippen molar-refractivity contribution in [1.82, 2.24) is 0 Å². The van der Waals surface area contributed by atoms with E-state index in [1.54, 1.807) is 0 Å². The van der Waals surface area contributed by atoms with Crippen LogP contribution in [-0.4, -0.2) is 34.3 Å². The zero-order valence-electron chi connectivity index (χ0n) is 8.64. The van der Waals surface area contributed by atoms with Crippen molar-refractivity contribution in [2.75, 3.05) is 0 Å². The Labute approximate surface area is 101 Å². The Balaban J connectivity index is 3.16. The molecule has 1 aromatic carbocycles. The molecule has 0 atom stereocenters. The first-order valence-electron chi connectivity index (χ1n) is 4.33. The summed E-state index contributed by atoms with van der Waals surface area (Å²) in [5.41, 5.74) is 0.0927. The van der Waals surface area contributed by atoms with Gasteiger partial charge in [-0.1, -0.05) is 0 Å². The van der Waals surface area contributed by atoms with E-state index in [-0.39, 0.29) is 5.56 Å². The molecule has 0 bridgehead atoms. The third-order valence-electron chi connectivity index (χ3n) is 1.68. The molecule has 8 nitrogen and oxygen atoms in total. The van der Waals surface area contributed by atoms with Crippen molar-refractivity contribution < 1.29 is 37.3 Å². The molecule has 0 unspecified atom stereocenters. The predicted octanol–water partition coefficient (Wildman–Crippen LogP) is 0.377. The maximum Gasteiger partial charge on any atom is 0.446 e. The van der Waals surface area contributed by atoms with Gasteiger partial charge in [0, 0.05) is 6.08 Å². The number of phenolic OH excluding ortho intramolecular Hbond substituents is 2. The number of carboxylic acids is 1. The molecular formula is C9H8O8S. The highest BCUT2D eigenvalue weighted by Crippen LogP contribution is 2.38. The summed E-state index contributed by atoms with van der Waals surface area (Å²) < 4.78 is 33.2. The smallest absolute Gasteiger partial charge is 0.446 e. The van der Waals surface area contributed by atoms with Gasteiger partial charge in [-0.15, -0.1) is 0 Å². The first-order valence-corrected chi connectivity index (χ1v) is 5.69. The average Bonchev–Trinajstić information content (AvgIpc) is 2.19. The molecule has 1 aromatic rings. The van der Waals surface area contributed by atoms with E-state index in [9.17, 15) is 23.4 Å². The van der Waals surface area contributed by atoms with Crippen LogP contribution in [-0.2, 0) is 15.2 Å². The number of aromatic hydroxyl groups is 2. The van der Waals surface area contributed by atoms with E-state index in [1.165, 1.54) is 0 Å². The fourth-order valence-electron chi connectivity index (χ4n) is 1.07. The maximum atomic E-state index is 10.4. The topological polar surface area (TPSA) is 141 Å². The SMILES string of the molecule is O=C(O)C=Cc1cc(O)c(OS(=O)(=O)O)c(O)c1. The standard InChI is InChI=1S/C9H8O8S/c10-6-3-5(1-2-8(12)13)4-7(11)9(6)17-18(14,15)16/h1-4,10-11H,(H,12,13)(H,14,15,16). The van der Waals surface area contributed by atoms with Crippen molar-refractivity contribution in [2.45, 2.75) is 0 Å². The van der Waals surface area contributed by atoms with Crippen LogP contribution in [0.1, 0.15) is 5.56 Å². The summed E-state index contributed by atoms with van der Waals surface area (Å²) in [5.74, 6) is -3.66. The Morgan fingerprint density at radius 3 is 2.11 bits per heavy atom. The van der Waals surface area contributed by atoms with Crippen LogP contribution in [0, 0.1) is 0 Å². The lowest BCUT2D eigenvalue weighted by atomic mass is 10.1. The van der Waals surface area contributed by atoms with E-state index in [0.717, 1.165) is 24.3 Å². The number of aliphatic carboxylic acids is 1. The summed E-state index contributed by atoms with van der Waals surface area (Å²) >= 11 is 0. The Morgan fingerprint density at radius 1 is 1.22 bits per heavy atom. The first-order chi connectivity index (χ1) is 8.19. The van der Waals surface area contributed by atoms with Gasteiger partial charge in [0.25, 0.3) is 0 Å². The van der Waals surface area contributed by atoms with Gasteiger partial charge in [0.1, 0.15) is 0 Å². The Hall–Kier alpha value is -2.26. The van der Waals surface area contributed by atoms with Gasteiger partial charge in [-0.25, -0.2) is 4.79 Å². The molecule has 0 heterocycles. The number of phenols is 2. The normalized spacial score (nSPS) is 11.6. The van der Waals surface area contributed by atoms with E-state index in [2.05, 4.69) is 4.18 Å². The second kappa shape index (κ2) is 4.94. The molecule has 0 aliphatic rings. The van der Waals surface area contributed by atoms with Crippen molar-refractivity contribution in [3.05, 3.63) is 23.8 Å². The van der Waals surface area contributed by atoms with Gasteiger partial charge in [-0.2, -0.15) is 8.42 Å². The van der Waals surface area contributed by atoms with E-state index in [4.69, 9.17) is 9.66 Å². The molecule has 1 rings (SSSR count). The average molecular weight is 276 g/mol. The monoisotopic (exact) mass is 276 g/mol. The number of rotatable bonds is 4. The molecule has 0 aliphatic carbocycles. The lowest BCUT2D eigenvalue weighted by Crippen LogP contribution is -2.07. The summed E-state index contributed by atoms with van der Waals surface area (Å²) in [6, 6.07) is 1.89. The molecule has 0 aliphatic heterocycles. The number of carboxylic acid groups (broad SMARTS) is 1. The van der Waals surface area contributed by atoms with Crippen LogP contribution in [0.15, 0.2) is 18.2 Å². The summed E-state index contributed by atoms with van der Waals surface area (Å²) in [4.78, 5) is 10.2. The maximum absolute atomic E-state index is 10.4. The Morgan fingerprint density at radius 2 is 1.72 bits per heavy atom. The van der Waals surface area contributed by atoms with Gasteiger partial charge in [-0.3, -0.25) is 4.55 Å². The van der Waals surface area contributed by atoms with Crippen LogP contribution in [0.4, 0.5) is 0 Å². The van der Waals surface area contributed by atoms with E-state index in [0.29, 0.717) is 0 Å². The van der Waals surface area contributed by atoms with Crippen molar-refractivity contribution in [2.24, 2.45) is 0 Å². The second-order valence-corrected chi connectivity index (χ2v) is 4.09. The Kier molecular flexibility index (Phi) is 3.79. The summed E-state index contributed by atoms with van der Waals surface area (Å²) in [5, 5.41) is 27.1. The molecule has 18 heavy (non-hydrogen) atoms. The highest BCUT2D eigenvalue weighted by Gasteiger charge is 2.17. The first kappa shape index (κ1) is 13.8. The van der Waals surface area contributed by atoms with Crippen LogP contribution in [0.3, 0.4) is 0 Å². The third-order valence-corrected chi connectivity index (χ3v) is 2.06. The molecule has 0 spiro atoms.